The average molecular weight is 311 g/mol. The molecular formula is C14H9BrF2O. The van der Waals surface area contributed by atoms with Crippen LogP contribution < -0.4 is 0 Å². The summed E-state index contributed by atoms with van der Waals surface area (Å²) in [4.78, 5) is 12.0. The summed E-state index contributed by atoms with van der Waals surface area (Å²) >= 11 is 3.01. The molecule has 2 rings (SSSR count). The van der Waals surface area contributed by atoms with E-state index in [1.54, 1.807) is 6.92 Å². The predicted octanol–water partition coefficient (Wildman–Crippen LogP) is 4.27. The van der Waals surface area contributed by atoms with E-state index in [-0.39, 0.29) is 15.6 Å². The second-order valence-corrected chi connectivity index (χ2v) is 4.78. The lowest BCUT2D eigenvalue weighted by molar-refractivity contribution is 0.103. The van der Waals surface area contributed by atoms with Gasteiger partial charge in [-0.25, -0.2) is 8.78 Å². The van der Waals surface area contributed by atoms with Gasteiger partial charge in [-0.1, -0.05) is 12.1 Å². The summed E-state index contributed by atoms with van der Waals surface area (Å²) in [5, 5.41) is 0. The van der Waals surface area contributed by atoms with E-state index in [1.165, 1.54) is 24.3 Å². The lowest BCUT2D eigenvalue weighted by Crippen LogP contribution is -2.03. The lowest BCUT2D eigenvalue weighted by atomic mass is 10.0. The number of rotatable bonds is 2. The zero-order valence-corrected chi connectivity index (χ0v) is 11.1. The van der Waals surface area contributed by atoms with Crippen molar-refractivity contribution in [2.45, 2.75) is 6.92 Å². The van der Waals surface area contributed by atoms with Crippen molar-refractivity contribution in [1.29, 1.82) is 0 Å². The highest BCUT2D eigenvalue weighted by molar-refractivity contribution is 9.10. The van der Waals surface area contributed by atoms with E-state index in [9.17, 15) is 13.6 Å². The molecule has 0 heterocycles. The Morgan fingerprint density at radius 1 is 1.00 bits per heavy atom. The van der Waals surface area contributed by atoms with Gasteiger partial charge in [0.05, 0.1) is 4.47 Å². The van der Waals surface area contributed by atoms with E-state index in [4.69, 9.17) is 0 Å². The standard InChI is InChI=1S/C14H9BrF2O/c1-8-2-3-9(6-12(8)16)14(18)10-4-5-11(15)13(17)7-10/h2-7H,1H3. The summed E-state index contributed by atoms with van der Waals surface area (Å²) in [6, 6.07) is 8.29. The fourth-order valence-electron chi connectivity index (χ4n) is 1.54. The Morgan fingerprint density at radius 2 is 1.56 bits per heavy atom. The summed E-state index contributed by atoms with van der Waals surface area (Å²) in [7, 11) is 0. The molecule has 0 bridgehead atoms. The molecule has 0 aromatic heterocycles. The Kier molecular flexibility index (Phi) is 3.57. The number of aryl methyl sites for hydroxylation is 1. The third-order valence-electron chi connectivity index (χ3n) is 2.62. The topological polar surface area (TPSA) is 17.1 Å². The first kappa shape index (κ1) is 12.9. The molecular weight excluding hydrogens is 302 g/mol. The van der Waals surface area contributed by atoms with Crippen LogP contribution in [0.3, 0.4) is 0 Å². The van der Waals surface area contributed by atoms with Gasteiger partial charge in [-0.3, -0.25) is 4.79 Å². The highest BCUT2D eigenvalue weighted by Gasteiger charge is 2.12. The summed E-state index contributed by atoms with van der Waals surface area (Å²) < 4.78 is 27.0. The molecule has 0 amide bonds. The van der Waals surface area contributed by atoms with Crippen molar-refractivity contribution >= 4 is 21.7 Å². The molecule has 0 spiro atoms. The van der Waals surface area contributed by atoms with Crippen LogP contribution in [0.4, 0.5) is 8.78 Å². The first-order valence-corrected chi connectivity index (χ1v) is 6.04. The molecule has 2 aromatic rings. The Hall–Kier alpha value is -1.55. The molecule has 0 aliphatic heterocycles. The van der Waals surface area contributed by atoms with Gasteiger partial charge < -0.3 is 0 Å². The second kappa shape index (κ2) is 4.98. The van der Waals surface area contributed by atoms with Crippen molar-refractivity contribution in [2.24, 2.45) is 0 Å². The predicted molar refractivity (Wildman–Crippen MR) is 68.7 cm³/mol. The van der Waals surface area contributed by atoms with E-state index in [0.29, 0.717) is 5.56 Å². The number of hydrogen-bond donors (Lipinski definition) is 0. The van der Waals surface area contributed by atoms with Crippen LogP contribution in [0.15, 0.2) is 40.9 Å². The van der Waals surface area contributed by atoms with Crippen LogP contribution in [-0.2, 0) is 0 Å². The molecule has 0 fully saturated rings. The van der Waals surface area contributed by atoms with Crippen LogP contribution in [-0.4, -0.2) is 5.78 Å². The maximum Gasteiger partial charge on any atom is 0.193 e. The number of ketones is 1. The molecule has 4 heteroatoms. The summed E-state index contributed by atoms with van der Waals surface area (Å²) in [5.41, 5.74) is 0.868. The highest BCUT2D eigenvalue weighted by Crippen LogP contribution is 2.19. The Labute approximate surface area is 112 Å². The largest absolute Gasteiger partial charge is 0.289 e. The Morgan fingerprint density at radius 3 is 2.11 bits per heavy atom. The van der Waals surface area contributed by atoms with Gasteiger partial charge in [-0.05, 0) is 52.7 Å². The molecule has 0 atom stereocenters. The normalized spacial score (nSPS) is 10.4. The van der Waals surface area contributed by atoms with E-state index < -0.39 is 17.4 Å². The third-order valence-corrected chi connectivity index (χ3v) is 3.26. The minimum atomic E-state index is -0.520. The van der Waals surface area contributed by atoms with E-state index in [2.05, 4.69) is 15.9 Å². The molecule has 92 valence electrons. The quantitative estimate of drug-likeness (QED) is 0.757. The third kappa shape index (κ3) is 2.48. The Bertz CT molecular complexity index is 570. The van der Waals surface area contributed by atoms with Gasteiger partial charge in [-0.2, -0.15) is 0 Å². The van der Waals surface area contributed by atoms with Gasteiger partial charge in [0.2, 0.25) is 0 Å². The van der Waals surface area contributed by atoms with Crippen LogP contribution in [0.1, 0.15) is 21.5 Å². The molecule has 0 aliphatic rings. The maximum atomic E-state index is 13.4. The molecule has 2 aromatic carbocycles. The van der Waals surface area contributed by atoms with E-state index >= 15 is 0 Å². The summed E-state index contributed by atoms with van der Waals surface area (Å²) in [5.74, 6) is -1.37. The molecule has 18 heavy (non-hydrogen) atoms. The van der Waals surface area contributed by atoms with Gasteiger partial charge in [0, 0.05) is 11.1 Å². The SMILES string of the molecule is Cc1ccc(C(=O)c2ccc(Br)c(F)c2)cc1F. The summed E-state index contributed by atoms with van der Waals surface area (Å²) in [6.07, 6.45) is 0. The van der Waals surface area contributed by atoms with Gasteiger partial charge >= 0.3 is 0 Å². The van der Waals surface area contributed by atoms with Gasteiger partial charge in [0.1, 0.15) is 11.6 Å². The number of halogens is 3. The fourth-order valence-corrected chi connectivity index (χ4v) is 1.78. The zero-order chi connectivity index (χ0) is 13.3. The van der Waals surface area contributed by atoms with E-state index in [0.717, 1.165) is 12.1 Å². The number of benzene rings is 2. The van der Waals surface area contributed by atoms with Crippen LogP contribution in [0.5, 0.6) is 0 Å². The van der Waals surface area contributed by atoms with Crippen molar-refractivity contribution in [2.75, 3.05) is 0 Å². The Balaban J connectivity index is 2.41. The second-order valence-electron chi connectivity index (χ2n) is 3.92. The molecule has 0 radical (unpaired) electrons. The monoisotopic (exact) mass is 310 g/mol. The minimum Gasteiger partial charge on any atom is -0.289 e. The van der Waals surface area contributed by atoms with Crippen molar-refractivity contribution in [3.8, 4) is 0 Å². The molecule has 0 unspecified atom stereocenters. The van der Waals surface area contributed by atoms with Crippen LogP contribution in [0.25, 0.3) is 0 Å². The van der Waals surface area contributed by atoms with Gasteiger partial charge in [-0.15, -0.1) is 0 Å². The van der Waals surface area contributed by atoms with Gasteiger partial charge in [0.25, 0.3) is 0 Å². The summed E-state index contributed by atoms with van der Waals surface area (Å²) in [6.45, 7) is 1.61. The zero-order valence-electron chi connectivity index (χ0n) is 9.51. The number of hydrogen-bond acceptors (Lipinski definition) is 1. The van der Waals surface area contributed by atoms with Crippen molar-refractivity contribution < 1.29 is 13.6 Å². The highest BCUT2D eigenvalue weighted by atomic mass is 79.9. The molecule has 0 aliphatic carbocycles. The van der Waals surface area contributed by atoms with Crippen molar-refractivity contribution in [3.63, 3.8) is 0 Å². The average Bonchev–Trinajstić information content (AvgIpc) is 2.35. The van der Waals surface area contributed by atoms with Crippen LogP contribution in [0, 0.1) is 18.6 Å². The van der Waals surface area contributed by atoms with Crippen molar-refractivity contribution in [1.82, 2.24) is 0 Å². The minimum absolute atomic E-state index is 0.193. The number of carbonyl (C=O) groups excluding carboxylic acids is 1. The van der Waals surface area contributed by atoms with Crippen LogP contribution in [0.2, 0.25) is 0 Å². The molecule has 1 nitrogen and oxygen atoms in total. The van der Waals surface area contributed by atoms with Crippen LogP contribution >= 0.6 is 15.9 Å². The number of carbonyl (C=O) groups is 1. The lowest BCUT2D eigenvalue weighted by Gasteiger charge is -2.04. The van der Waals surface area contributed by atoms with E-state index in [1.807, 2.05) is 0 Å². The molecule has 0 N–H and O–H groups in total. The van der Waals surface area contributed by atoms with Crippen molar-refractivity contribution in [3.05, 3.63) is 69.2 Å². The smallest absolute Gasteiger partial charge is 0.193 e. The fraction of sp³-hybridized carbons (Fsp3) is 0.0714. The van der Waals surface area contributed by atoms with Gasteiger partial charge in [0.15, 0.2) is 5.78 Å². The first-order valence-electron chi connectivity index (χ1n) is 5.25. The first-order chi connectivity index (χ1) is 8.49. The molecule has 0 saturated heterocycles. The maximum absolute atomic E-state index is 13.4. The molecule has 0 saturated carbocycles.